The summed E-state index contributed by atoms with van der Waals surface area (Å²) in [4.78, 5) is 2.48. The second-order valence-corrected chi connectivity index (χ2v) is 5.35. The van der Waals surface area contributed by atoms with Crippen LogP contribution in [0.25, 0.3) is 0 Å². The van der Waals surface area contributed by atoms with Gasteiger partial charge < -0.3 is 15.2 Å². The number of methoxy groups -OCH3 is 2. The molecule has 17 heavy (non-hydrogen) atoms. The van der Waals surface area contributed by atoms with E-state index in [9.17, 15) is 0 Å². The Morgan fingerprint density at radius 2 is 2.18 bits per heavy atom. The number of hydrogen-bond donors (Lipinski definition) is 1. The van der Waals surface area contributed by atoms with Gasteiger partial charge >= 0.3 is 0 Å². The predicted octanol–water partition coefficient (Wildman–Crippen LogP) is 1.10. The fourth-order valence-corrected chi connectivity index (χ4v) is 2.71. The maximum atomic E-state index is 5.98. The van der Waals surface area contributed by atoms with Gasteiger partial charge in [-0.25, -0.2) is 0 Å². The molecule has 1 aliphatic heterocycles. The summed E-state index contributed by atoms with van der Waals surface area (Å²) in [6, 6.07) is 0. The van der Waals surface area contributed by atoms with Gasteiger partial charge in [0.2, 0.25) is 0 Å². The van der Waals surface area contributed by atoms with Crippen LogP contribution in [0.1, 0.15) is 26.7 Å². The van der Waals surface area contributed by atoms with Crippen LogP contribution in [0, 0.1) is 5.92 Å². The normalized spacial score (nSPS) is 27.7. The topological polar surface area (TPSA) is 47.7 Å². The Morgan fingerprint density at radius 1 is 1.47 bits per heavy atom. The van der Waals surface area contributed by atoms with Crippen LogP contribution in [0.2, 0.25) is 0 Å². The van der Waals surface area contributed by atoms with Crippen molar-refractivity contribution in [2.24, 2.45) is 11.7 Å². The molecule has 0 saturated carbocycles. The molecule has 0 aliphatic carbocycles. The zero-order valence-corrected chi connectivity index (χ0v) is 11.7. The van der Waals surface area contributed by atoms with E-state index in [0.717, 1.165) is 19.7 Å². The number of nitrogens with zero attached hydrogens (tertiary/aromatic N) is 1. The van der Waals surface area contributed by atoms with Gasteiger partial charge in [0.25, 0.3) is 0 Å². The summed E-state index contributed by atoms with van der Waals surface area (Å²) in [6.07, 6.45) is 2.63. The molecule has 0 spiro atoms. The maximum Gasteiger partial charge on any atom is 0.0736 e. The van der Waals surface area contributed by atoms with Crippen molar-refractivity contribution in [3.63, 3.8) is 0 Å². The largest absolute Gasteiger partial charge is 0.384 e. The van der Waals surface area contributed by atoms with Crippen LogP contribution in [0.15, 0.2) is 0 Å². The lowest BCUT2D eigenvalue weighted by atomic mass is 9.88. The van der Waals surface area contributed by atoms with Crippen molar-refractivity contribution in [3.8, 4) is 0 Å². The van der Waals surface area contributed by atoms with E-state index in [1.54, 1.807) is 14.2 Å². The van der Waals surface area contributed by atoms with Crippen molar-refractivity contribution in [3.05, 3.63) is 0 Å². The second-order valence-electron chi connectivity index (χ2n) is 5.35. The molecule has 2 N–H and O–H groups in total. The lowest BCUT2D eigenvalue weighted by Gasteiger charge is -2.47. The molecule has 1 saturated heterocycles. The van der Waals surface area contributed by atoms with Crippen molar-refractivity contribution in [2.75, 3.05) is 40.5 Å². The van der Waals surface area contributed by atoms with Crippen LogP contribution >= 0.6 is 0 Å². The summed E-state index contributed by atoms with van der Waals surface area (Å²) < 4.78 is 10.8. The summed E-state index contributed by atoms with van der Waals surface area (Å²) in [5.41, 5.74) is 5.91. The van der Waals surface area contributed by atoms with E-state index in [0.29, 0.717) is 12.5 Å². The molecule has 0 amide bonds. The van der Waals surface area contributed by atoms with E-state index in [1.807, 2.05) is 0 Å². The second kappa shape index (κ2) is 6.69. The van der Waals surface area contributed by atoms with Crippen LogP contribution in [-0.2, 0) is 9.47 Å². The lowest BCUT2D eigenvalue weighted by molar-refractivity contribution is -0.0538. The zero-order chi connectivity index (χ0) is 12.9. The number of piperidine rings is 1. The third-order valence-corrected chi connectivity index (χ3v) is 4.29. The summed E-state index contributed by atoms with van der Waals surface area (Å²) in [7, 11) is 3.54. The monoisotopic (exact) mass is 244 g/mol. The quantitative estimate of drug-likeness (QED) is 0.760. The fraction of sp³-hybridized carbons (Fsp3) is 1.00. The Hall–Kier alpha value is -0.160. The van der Waals surface area contributed by atoms with Gasteiger partial charge in [0.05, 0.1) is 18.2 Å². The molecule has 1 heterocycles. The van der Waals surface area contributed by atoms with E-state index >= 15 is 0 Å². The van der Waals surface area contributed by atoms with Crippen molar-refractivity contribution in [1.82, 2.24) is 4.90 Å². The smallest absolute Gasteiger partial charge is 0.0736 e. The molecular weight excluding hydrogens is 216 g/mol. The summed E-state index contributed by atoms with van der Waals surface area (Å²) >= 11 is 0. The minimum Gasteiger partial charge on any atom is -0.384 e. The maximum absolute atomic E-state index is 5.98. The van der Waals surface area contributed by atoms with Crippen molar-refractivity contribution in [1.29, 1.82) is 0 Å². The Bertz CT molecular complexity index is 223. The standard InChI is InChI=1S/C13H28N2O2/c1-11(17-4)13(2,10-14)15-7-5-6-12(8-15)9-16-3/h11-12H,5-10,14H2,1-4H3. The minimum atomic E-state index is -0.0683. The zero-order valence-electron chi connectivity index (χ0n) is 11.7. The molecule has 0 aromatic rings. The number of nitrogens with two attached hydrogens (primary N) is 1. The van der Waals surface area contributed by atoms with Gasteiger partial charge in [-0.1, -0.05) is 0 Å². The van der Waals surface area contributed by atoms with Gasteiger partial charge in [-0.05, 0) is 39.2 Å². The molecule has 4 nitrogen and oxygen atoms in total. The highest BCUT2D eigenvalue weighted by atomic mass is 16.5. The molecule has 0 aromatic heterocycles. The molecule has 0 radical (unpaired) electrons. The van der Waals surface area contributed by atoms with Crippen molar-refractivity contribution >= 4 is 0 Å². The fourth-order valence-electron chi connectivity index (χ4n) is 2.71. The Morgan fingerprint density at radius 3 is 2.71 bits per heavy atom. The van der Waals surface area contributed by atoms with Gasteiger partial charge in [0.15, 0.2) is 0 Å². The van der Waals surface area contributed by atoms with Gasteiger partial charge in [-0.2, -0.15) is 0 Å². The highest BCUT2D eigenvalue weighted by Crippen LogP contribution is 2.27. The number of hydrogen-bond acceptors (Lipinski definition) is 4. The van der Waals surface area contributed by atoms with Crippen molar-refractivity contribution < 1.29 is 9.47 Å². The van der Waals surface area contributed by atoms with E-state index in [-0.39, 0.29) is 11.6 Å². The van der Waals surface area contributed by atoms with Gasteiger partial charge in [-0.15, -0.1) is 0 Å². The van der Waals surface area contributed by atoms with Crippen LogP contribution in [-0.4, -0.2) is 57.0 Å². The first kappa shape index (κ1) is 14.9. The van der Waals surface area contributed by atoms with E-state index in [1.165, 1.54) is 12.8 Å². The Labute approximate surface area is 105 Å². The molecular formula is C13H28N2O2. The van der Waals surface area contributed by atoms with E-state index < -0.39 is 0 Å². The molecule has 3 atom stereocenters. The van der Waals surface area contributed by atoms with Crippen molar-refractivity contribution in [2.45, 2.75) is 38.3 Å². The Kier molecular flexibility index (Phi) is 5.86. The third-order valence-electron chi connectivity index (χ3n) is 4.29. The first-order valence-corrected chi connectivity index (χ1v) is 6.55. The first-order valence-electron chi connectivity index (χ1n) is 6.55. The predicted molar refractivity (Wildman–Crippen MR) is 70.1 cm³/mol. The molecule has 3 unspecified atom stereocenters. The number of likely N-dealkylation sites (tertiary alicyclic amines) is 1. The van der Waals surface area contributed by atoms with Gasteiger partial charge in [-0.3, -0.25) is 4.90 Å². The van der Waals surface area contributed by atoms with E-state index in [4.69, 9.17) is 15.2 Å². The average molecular weight is 244 g/mol. The van der Waals surface area contributed by atoms with Gasteiger partial charge in [0.1, 0.15) is 0 Å². The molecule has 1 fully saturated rings. The van der Waals surface area contributed by atoms with E-state index in [2.05, 4.69) is 18.7 Å². The highest BCUT2D eigenvalue weighted by molar-refractivity contribution is 4.95. The molecule has 102 valence electrons. The SMILES string of the molecule is COCC1CCCN(C(C)(CN)C(C)OC)C1. The van der Waals surface area contributed by atoms with Crippen LogP contribution in [0.4, 0.5) is 0 Å². The number of rotatable bonds is 6. The summed E-state index contributed by atoms with van der Waals surface area (Å²) in [5.74, 6) is 0.628. The average Bonchev–Trinajstić information content (AvgIpc) is 2.37. The van der Waals surface area contributed by atoms with Crippen LogP contribution < -0.4 is 5.73 Å². The molecule has 1 rings (SSSR count). The van der Waals surface area contributed by atoms with Crippen LogP contribution in [0.5, 0.6) is 0 Å². The molecule has 0 aromatic carbocycles. The minimum absolute atomic E-state index is 0.0683. The molecule has 1 aliphatic rings. The lowest BCUT2D eigenvalue weighted by Crippen LogP contribution is -2.61. The summed E-state index contributed by atoms with van der Waals surface area (Å²) in [6.45, 7) is 7.96. The van der Waals surface area contributed by atoms with Gasteiger partial charge in [0, 0.05) is 27.3 Å². The molecule has 4 heteroatoms. The molecule has 0 bridgehead atoms. The Balaban J connectivity index is 2.68. The first-order chi connectivity index (χ1) is 8.08. The highest BCUT2D eigenvalue weighted by Gasteiger charge is 2.38. The summed E-state index contributed by atoms with van der Waals surface area (Å²) in [5, 5.41) is 0. The third kappa shape index (κ3) is 3.41. The van der Waals surface area contributed by atoms with Crippen LogP contribution in [0.3, 0.4) is 0 Å². The number of ether oxygens (including phenoxy) is 2.